The molecule has 0 fully saturated rings. The van der Waals surface area contributed by atoms with Gasteiger partial charge in [0.2, 0.25) is 5.88 Å². The van der Waals surface area contributed by atoms with E-state index in [9.17, 15) is 0 Å². The molecule has 0 aliphatic heterocycles. The molecule has 0 aliphatic rings. The van der Waals surface area contributed by atoms with Gasteiger partial charge in [-0.3, -0.25) is 0 Å². The maximum absolute atomic E-state index is 5.75. The number of nitrogens with zero attached hydrogens (tertiary/aromatic N) is 1. The lowest BCUT2D eigenvalue weighted by Crippen LogP contribution is -2.22. The Bertz CT molecular complexity index is 356. The molecule has 0 saturated carbocycles. The fourth-order valence-electron chi connectivity index (χ4n) is 1.56. The SMILES string of the molecule is CCCCCOc1ncc(Br)cc1CNC(C)C. The predicted octanol–water partition coefficient (Wildman–Crippen LogP) is 3.91. The number of rotatable bonds is 8. The number of pyridine rings is 1. The lowest BCUT2D eigenvalue weighted by atomic mass is 10.2. The molecule has 0 amide bonds. The minimum absolute atomic E-state index is 0.455. The minimum atomic E-state index is 0.455. The molecule has 0 aliphatic carbocycles. The number of hydrogen-bond acceptors (Lipinski definition) is 3. The summed E-state index contributed by atoms with van der Waals surface area (Å²) >= 11 is 3.45. The van der Waals surface area contributed by atoms with E-state index in [0.717, 1.165) is 35.5 Å². The van der Waals surface area contributed by atoms with Gasteiger partial charge in [-0.15, -0.1) is 0 Å². The Morgan fingerprint density at radius 2 is 2.17 bits per heavy atom. The molecule has 1 rings (SSSR count). The van der Waals surface area contributed by atoms with Crippen LogP contribution in [0.1, 0.15) is 45.6 Å². The van der Waals surface area contributed by atoms with Gasteiger partial charge >= 0.3 is 0 Å². The zero-order chi connectivity index (χ0) is 13.4. The van der Waals surface area contributed by atoms with Gasteiger partial charge in [-0.25, -0.2) is 4.98 Å². The molecular weight excluding hydrogens is 292 g/mol. The van der Waals surface area contributed by atoms with E-state index in [4.69, 9.17) is 4.74 Å². The molecule has 1 heterocycles. The Balaban J connectivity index is 2.58. The Hall–Kier alpha value is -0.610. The monoisotopic (exact) mass is 314 g/mol. The number of hydrogen-bond donors (Lipinski definition) is 1. The highest BCUT2D eigenvalue weighted by Crippen LogP contribution is 2.20. The third-order valence-electron chi connectivity index (χ3n) is 2.58. The van der Waals surface area contributed by atoms with E-state index in [2.05, 4.69) is 53.1 Å². The molecule has 0 bridgehead atoms. The first kappa shape index (κ1) is 15.4. The second kappa shape index (κ2) is 8.48. The summed E-state index contributed by atoms with van der Waals surface area (Å²) in [6.07, 6.45) is 5.29. The van der Waals surface area contributed by atoms with Crippen molar-refractivity contribution in [1.82, 2.24) is 10.3 Å². The number of unbranched alkanes of at least 4 members (excludes halogenated alkanes) is 2. The van der Waals surface area contributed by atoms with Crippen molar-refractivity contribution in [2.45, 2.75) is 52.6 Å². The maximum atomic E-state index is 5.75. The van der Waals surface area contributed by atoms with Crippen molar-refractivity contribution >= 4 is 15.9 Å². The van der Waals surface area contributed by atoms with Crippen molar-refractivity contribution in [3.8, 4) is 5.88 Å². The van der Waals surface area contributed by atoms with Crippen LogP contribution in [0.25, 0.3) is 0 Å². The molecule has 0 aromatic carbocycles. The Morgan fingerprint density at radius 1 is 1.39 bits per heavy atom. The lowest BCUT2D eigenvalue weighted by molar-refractivity contribution is 0.290. The molecule has 1 aromatic heterocycles. The van der Waals surface area contributed by atoms with Crippen LogP contribution in [0.3, 0.4) is 0 Å². The van der Waals surface area contributed by atoms with Gasteiger partial charge in [0.1, 0.15) is 0 Å². The largest absolute Gasteiger partial charge is 0.477 e. The molecule has 1 aromatic rings. The molecule has 18 heavy (non-hydrogen) atoms. The first-order valence-electron chi connectivity index (χ1n) is 6.64. The molecule has 102 valence electrons. The van der Waals surface area contributed by atoms with E-state index >= 15 is 0 Å². The summed E-state index contributed by atoms with van der Waals surface area (Å²) in [5.74, 6) is 0.752. The lowest BCUT2D eigenvalue weighted by Gasteiger charge is -2.13. The molecule has 0 radical (unpaired) electrons. The highest BCUT2D eigenvalue weighted by atomic mass is 79.9. The van der Waals surface area contributed by atoms with Crippen molar-refractivity contribution in [2.75, 3.05) is 6.61 Å². The third kappa shape index (κ3) is 5.83. The zero-order valence-corrected chi connectivity index (χ0v) is 13.1. The average Bonchev–Trinajstić information content (AvgIpc) is 2.34. The predicted molar refractivity (Wildman–Crippen MR) is 78.9 cm³/mol. The van der Waals surface area contributed by atoms with E-state index in [1.807, 2.05) is 0 Å². The van der Waals surface area contributed by atoms with Gasteiger partial charge in [-0.1, -0.05) is 33.6 Å². The maximum Gasteiger partial charge on any atom is 0.217 e. The van der Waals surface area contributed by atoms with E-state index in [1.54, 1.807) is 6.20 Å². The van der Waals surface area contributed by atoms with Crippen molar-refractivity contribution in [1.29, 1.82) is 0 Å². The van der Waals surface area contributed by atoms with Crippen LogP contribution < -0.4 is 10.1 Å². The molecular formula is C14H23BrN2O. The summed E-state index contributed by atoms with van der Waals surface area (Å²) in [6.45, 7) is 7.99. The van der Waals surface area contributed by atoms with E-state index in [1.165, 1.54) is 12.8 Å². The summed E-state index contributed by atoms with van der Waals surface area (Å²) in [5, 5.41) is 3.39. The van der Waals surface area contributed by atoms with Gasteiger partial charge in [-0.2, -0.15) is 0 Å². The molecule has 3 nitrogen and oxygen atoms in total. The van der Waals surface area contributed by atoms with E-state index in [-0.39, 0.29) is 0 Å². The number of ether oxygens (including phenoxy) is 1. The van der Waals surface area contributed by atoms with Crippen molar-refractivity contribution in [3.05, 3.63) is 22.3 Å². The second-order valence-electron chi connectivity index (χ2n) is 4.71. The van der Waals surface area contributed by atoms with Crippen LogP contribution in [0.4, 0.5) is 0 Å². The van der Waals surface area contributed by atoms with Gasteiger partial charge in [0, 0.05) is 28.8 Å². The molecule has 0 spiro atoms. The van der Waals surface area contributed by atoms with Crippen LogP contribution in [0.2, 0.25) is 0 Å². The Labute approximate surface area is 118 Å². The third-order valence-corrected chi connectivity index (χ3v) is 3.01. The topological polar surface area (TPSA) is 34.1 Å². The normalized spacial score (nSPS) is 10.9. The number of halogens is 1. The van der Waals surface area contributed by atoms with Gasteiger partial charge in [0.25, 0.3) is 0 Å². The van der Waals surface area contributed by atoms with Crippen LogP contribution in [0, 0.1) is 0 Å². The first-order chi connectivity index (χ1) is 8.63. The van der Waals surface area contributed by atoms with Crippen LogP contribution >= 0.6 is 15.9 Å². The second-order valence-corrected chi connectivity index (χ2v) is 5.62. The van der Waals surface area contributed by atoms with Gasteiger partial charge in [0.05, 0.1) is 6.61 Å². The molecule has 1 N–H and O–H groups in total. The van der Waals surface area contributed by atoms with Crippen molar-refractivity contribution in [2.24, 2.45) is 0 Å². The average molecular weight is 315 g/mol. The molecule has 0 unspecified atom stereocenters. The highest BCUT2D eigenvalue weighted by Gasteiger charge is 2.07. The van der Waals surface area contributed by atoms with Crippen molar-refractivity contribution in [3.63, 3.8) is 0 Å². The fourth-order valence-corrected chi connectivity index (χ4v) is 1.94. The van der Waals surface area contributed by atoms with Gasteiger partial charge in [0.15, 0.2) is 0 Å². The van der Waals surface area contributed by atoms with Crippen molar-refractivity contribution < 1.29 is 4.74 Å². The fraction of sp³-hybridized carbons (Fsp3) is 0.643. The standard InChI is InChI=1S/C14H23BrN2O/c1-4-5-6-7-18-14-12(9-16-11(2)3)8-13(15)10-17-14/h8,10-11,16H,4-7,9H2,1-3H3. The smallest absolute Gasteiger partial charge is 0.217 e. The van der Waals surface area contributed by atoms with Crippen LogP contribution in [0.5, 0.6) is 5.88 Å². The highest BCUT2D eigenvalue weighted by molar-refractivity contribution is 9.10. The summed E-state index contributed by atoms with van der Waals surface area (Å²) < 4.78 is 6.74. The molecule has 0 saturated heterocycles. The summed E-state index contributed by atoms with van der Waals surface area (Å²) in [7, 11) is 0. The Morgan fingerprint density at radius 3 is 2.83 bits per heavy atom. The summed E-state index contributed by atoms with van der Waals surface area (Å²) in [4.78, 5) is 4.34. The molecule has 0 atom stereocenters. The van der Waals surface area contributed by atoms with Crippen LogP contribution in [0.15, 0.2) is 16.7 Å². The molecule has 4 heteroatoms. The van der Waals surface area contributed by atoms with E-state index < -0.39 is 0 Å². The first-order valence-corrected chi connectivity index (χ1v) is 7.43. The zero-order valence-electron chi connectivity index (χ0n) is 11.5. The minimum Gasteiger partial charge on any atom is -0.477 e. The van der Waals surface area contributed by atoms with Crippen LogP contribution in [-0.2, 0) is 6.54 Å². The van der Waals surface area contributed by atoms with Crippen LogP contribution in [-0.4, -0.2) is 17.6 Å². The van der Waals surface area contributed by atoms with E-state index in [0.29, 0.717) is 6.04 Å². The van der Waals surface area contributed by atoms with Gasteiger partial charge in [-0.05, 0) is 28.4 Å². The summed E-state index contributed by atoms with van der Waals surface area (Å²) in [6, 6.07) is 2.52. The summed E-state index contributed by atoms with van der Waals surface area (Å²) in [5.41, 5.74) is 1.11. The quantitative estimate of drug-likeness (QED) is 0.739. The number of aromatic nitrogens is 1. The Kier molecular flexibility index (Phi) is 7.28. The number of nitrogens with one attached hydrogen (secondary N) is 1. The van der Waals surface area contributed by atoms with Gasteiger partial charge < -0.3 is 10.1 Å².